The molecule has 1 atom stereocenters. The standard InChI is InChI=1S/C26H30N2O4/c1-4-21(18-10-11-23-24(14-18)32-13-7-12-31-23)27-25(29)16-28-15-20(26(30)17(2)3)19-8-5-6-9-22(19)28/h5-6,8-11,14-15,17,21H,4,7,12-13,16H2,1-3H3,(H,27,29). The molecule has 1 unspecified atom stereocenters. The van der Waals surface area contributed by atoms with Crippen molar-refractivity contribution in [3.63, 3.8) is 0 Å². The van der Waals surface area contributed by atoms with Crippen LogP contribution < -0.4 is 14.8 Å². The van der Waals surface area contributed by atoms with Gasteiger partial charge in [0.25, 0.3) is 0 Å². The first-order valence-corrected chi connectivity index (χ1v) is 11.3. The molecule has 32 heavy (non-hydrogen) atoms. The minimum Gasteiger partial charge on any atom is -0.490 e. The quantitative estimate of drug-likeness (QED) is 0.537. The number of carbonyl (C=O) groups is 2. The van der Waals surface area contributed by atoms with Gasteiger partial charge in [0.1, 0.15) is 6.54 Å². The molecule has 6 heteroatoms. The first-order chi connectivity index (χ1) is 15.5. The number of ketones is 1. The highest BCUT2D eigenvalue weighted by atomic mass is 16.5. The average Bonchev–Trinajstić information content (AvgIpc) is 2.98. The number of nitrogens with one attached hydrogen (secondary N) is 1. The average molecular weight is 435 g/mol. The van der Waals surface area contributed by atoms with Crippen LogP contribution in [0.3, 0.4) is 0 Å². The van der Waals surface area contributed by atoms with Crippen LogP contribution in [0.5, 0.6) is 11.5 Å². The van der Waals surface area contributed by atoms with Gasteiger partial charge in [0.2, 0.25) is 5.91 Å². The second kappa shape index (κ2) is 9.47. The van der Waals surface area contributed by atoms with Crippen LogP contribution in [0.4, 0.5) is 0 Å². The fourth-order valence-electron chi connectivity index (χ4n) is 4.10. The lowest BCUT2D eigenvalue weighted by Gasteiger charge is -2.19. The summed E-state index contributed by atoms with van der Waals surface area (Å²) in [6.45, 7) is 7.24. The van der Waals surface area contributed by atoms with Crippen LogP contribution in [-0.2, 0) is 11.3 Å². The summed E-state index contributed by atoms with van der Waals surface area (Å²) < 4.78 is 13.4. The first-order valence-electron chi connectivity index (χ1n) is 11.3. The Morgan fingerprint density at radius 2 is 1.81 bits per heavy atom. The normalized spacial score (nSPS) is 14.2. The van der Waals surface area contributed by atoms with Crippen molar-refractivity contribution in [2.45, 2.75) is 46.2 Å². The SMILES string of the molecule is CCC(NC(=O)Cn1cc(C(=O)C(C)C)c2ccccc21)c1ccc2c(c1)OCCCO2. The molecule has 1 aromatic heterocycles. The van der Waals surface area contributed by atoms with E-state index in [0.717, 1.165) is 40.8 Å². The molecule has 0 aliphatic carbocycles. The summed E-state index contributed by atoms with van der Waals surface area (Å²) in [5, 5.41) is 4.02. The number of rotatable bonds is 7. The maximum atomic E-state index is 13.0. The van der Waals surface area contributed by atoms with Crippen molar-refractivity contribution >= 4 is 22.6 Å². The van der Waals surface area contributed by atoms with Crippen LogP contribution in [0.25, 0.3) is 10.9 Å². The third-order valence-corrected chi connectivity index (χ3v) is 5.81. The number of Topliss-reactive ketones (excluding diaryl/α,β-unsaturated/α-hetero) is 1. The lowest BCUT2D eigenvalue weighted by atomic mass is 10.0. The van der Waals surface area contributed by atoms with Crippen molar-refractivity contribution in [1.29, 1.82) is 0 Å². The molecule has 0 fully saturated rings. The van der Waals surface area contributed by atoms with Crippen molar-refractivity contribution in [2.24, 2.45) is 5.92 Å². The predicted molar refractivity (Wildman–Crippen MR) is 124 cm³/mol. The van der Waals surface area contributed by atoms with Gasteiger partial charge in [-0.15, -0.1) is 0 Å². The summed E-state index contributed by atoms with van der Waals surface area (Å²) in [5.41, 5.74) is 2.53. The van der Waals surface area contributed by atoms with Gasteiger partial charge in [-0.1, -0.05) is 45.0 Å². The number of fused-ring (bicyclic) bond motifs is 2. The molecule has 1 aliphatic heterocycles. The molecule has 1 aliphatic rings. The Morgan fingerprint density at radius 3 is 2.56 bits per heavy atom. The summed E-state index contributed by atoms with van der Waals surface area (Å²) in [7, 11) is 0. The van der Waals surface area contributed by atoms with E-state index >= 15 is 0 Å². The molecule has 6 nitrogen and oxygen atoms in total. The third kappa shape index (κ3) is 4.49. The van der Waals surface area contributed by atoms with E-state index in [1.807, 2.05) is 67.8 Å². The van der Waals surface area contributed by atoms with Crippen molar-refractivity contribution < 1.29 is 19.1 Å². The van der Waals surface area contributed by atoms with Gasteiger partial charge in [-0.3, -0.25) is 9.59 Å². The van der Waals surface area contributed by atoms with E-state index in [-0.39, 0.29) is 30.2 Å². The van der Waals surface area contributed by atoms with Gasteiger partial charge < -0.3 is 19.4 Å². The third-order valence-electron chi connectivity index (χ3n) is 5.81. The molecule has 0 radical (unpaired) electrons. The van der Waals surface area contributed by atoms with Gasteiger partial charge in [-0.05, 0) is 30.2 Å². The molecule has 4 rings (SSSR count). The van der Waals surface area contributed by atoms with Gasteiger partial charge in [0.05, 0.1) is 19.3 Å². The lowest BCUT2D eigenvalue weighted by molar-refractivity contribution is -0.122. The number of amides is 1. The maximum Gasteiger partial charge on any atom is 0.240 e. The Kier molecular flexibility index (Phi) is 6.49. The number of ether oxygens (including phenoxy) is 2. The Labute approximate surface area is 188 Å². The van der Waals surface area contributed by atoms with Crippen molar-refractivity contribution in [3.05, 3.63) is 59.8 Å². The van der Waals surface area contributed by atoms with Crippen LogP contribution in [0, 0.1) is 5.92 Å². The van der Waals surface area contributed by atoms with Gasteiger partial charge in [-0.25, -0.2) is 0 Å². The fraction of sp³-hybridized carbons (Fsp3) is 0.385. The van der Waals surface area contributed by atoms with Crippen molar-refractivity contribution in [3.8, 4) is 11.5 Å². The number of hydrogen-bond donors (Lipinski definition) is 1. The lowest BCUT2D eigenvalue weighted by Crippen LogP contribution is -2.31. The molecule has 2 aromatic carbocycles. The summed E-state index contributed by atoms with van der Waals surface area (Å²) in [4.78, 5) is 25.7. The summed E-state index contributed by atoms with van der Waals surface area (Å²) in [6.07, 6.45) is 3.40. The zero-order chi connectivity index (χ0) is 22.7. The molecule has 1 N–H and O–H groups in total. The Balaban J connectivity index is 1.54. The van der Waals surface area contributed by atoms with Gasteiger partial charge >= 0.3 is 0 Å². The summed E-state index contributed by atoms with van der Waals surface area (Å²) in [5.74, 6) is 1.34. The van der Waals surface area contributed by atoms with Crippen molar-refractivity contribution in [1.82, 2.24) is 9.88 Å². The predicted octanol–water partition coefficient (Wildman–Crippen LogP) is 4.91. The number of para-hydroxylation sites is 1. The van der Waals surface area contributed by atoms with Crippen LogP contribution in [-0.4, -0.2) is 29.5 Å². The maximum absolute atomic E-state index is 13.0. The molecule has 1 amide bonds. The second-order valence-corrected chi connectivity index (χ2v) is 8.49. The van der Waals surface area contributed by atoms with E-state index in [1.54, 1.807) is 6.20 Å². The molecule has 0 saturated carbocycles. The number of aromatic nitrogens is 1. The minimum atomic E-state index is -0.141. The molecular weight excluding hydrogens is 404 g/mol. The molecular formula is C26H30N2O4. The smallest absolute Gasteiger partial charge is 0.240 e. The van der Waals surface area contributed by atoms with Crippen LogP contribution in [0.1, 0.15) is 55.6 Å². The number of hydrogen-bond acceptors (Lipinski definition) is 4. The van der Waals surface area contributed by atoms with Gasteiger partial charge in [-0.2, -0.15) is 0 Å². The van der Waals surface area contributed by atoms with Crippen LogP contribution in [0.2, 0.25) is 0 Å². The fourth-order valence-corrected chi connectivity index (χ4v) is 4.10. The summed E-state index contributed by atoms with van der Waals surface area (Å²) >= 11 is 0. The zero-order valence-corrected chi connectivity index (χ0v) is 18.9. The number of nitrogens with zero attached hydrogens (tertiary/aromatic N) is 1. The summed E-state index contributed by atoms with van der Waals surface area (Å²) in [6, 6.07) is 13.4. The van der Waals surface area contributed by atoms with E-state index in [9.17, 15) is 9.59 Å². The second-order valence-electron chi connectivity index (χ2n) is 8.49. The topological polar surface area (TPSA) is 69.6 Å². The Hall–Kier alpha value is -3.28. The largest absolute Gasteiger partial charge is 0.490 e. The monoisotopic (exact) mass is 434 g/mol. The highest BCUT2D eigenvalue weighted by Gasteiger charge is 2.20. The van der Waals surface area contributed by atoms with E-state index < -0.39 is 0 Å². The zero-order valence-electron chi connectivity index (χ0n) is 18.9. The van der Waals surface area contributed by atoms with E-state index in [0.29, 0.717) is 18.8 Å². The highest BCUT2D eigenvalue weighted by molar-refractivity contribution is 6.09. The van der Waals surface area contributed by atoms with Crippen LogP contribution in [0.15, 0.2) is 48.7 Å². The van der Waals surface area contributed by atoms with E-state index in [1.165, 1.54) is 0 Å². The van der Waals surface area contributed by atoms with Crippen molar-refractivity contribution in [2.75, 3.05) is 13.2 Å². The van der Waals surface area contributed by atoms with Gasteiger partial charge in [0, 0.05) is 35.0 Å². The number of carbonyl (C=O) groups excluding carboxylic acids is 2. The minimum absolute atomic E-state index is 0.0824. The van der Waals surface area contributed by atoms with E-state index in [4.69, 9.17) is 9.47 Å². The van der Waals surface area contributed by atoms with Gasteiger partial charge in [0.15, 0.2) is 17.3 Å². The molecule has 3 aromatic rings. The molecule has 0 saturated heterocycles. The molecule has 0 bridgehead atoms. The first kappa shape index (κ1) is 21.9. The highest BCUT2D eigenvalue weighted by Crippen LogP contribution is 2.33. The Bertz CT molecular complexity index is 1130. The van der Waals surface area contributed by atoms with E-state index in [2.05, 4.69) is 5.32 Å². The molecule has 0 spiro atoms. The number of benzene rings is 2. The Morgan fingerprint density at radius 1 is 1.06 bits per heavy atom. The molecule has 168 valence electrons. The van der Waals surface area contributed by atoms with Crippen LogP contribution >= 0.6 is 0 Å². The molecule has 2 heterocycles.